The van der Waals surface area contributed by atoms with E-state index in [1.165, 1.54) is 246 Å². The first kappa shape index (κ1) is 66.3. The van der Waals surface area contributed by atoms with Crippen molar-refractivity contribution in [1.29, 1.82) is 0 Å². The number of unbranched alkanes of at least 4 members (excludes halogenated alkanes) is 12. The van der Waals surface area contributed by atoms with Crippen molar-refractivity contribution in [3.8, 4) is 0 Å². The third-order valence-corrected chi connectivity index (χ3v) is 15.0. The van der Waals surface area contributed by atoms with Crippen molar-refractivity contribution in [2.24, 2.45) is 0 Å². The van der Waals surface area contributed by atoms with Crippen molar-refractivity contribution in [2.45, 2.75) is 244 Å². The molecule has 1 heterocycles. The highest BCUT2D eigenvalue weighted by Crippen LogP contribution is 2.68. The fourth-order valence-corrected chi connectivity index (χ4v) is 10.1. The molecule has 13 heteroatoms. The van der Waals surface area contributed by atoms with E-state index in [0.29, 0.717) is 0 Å². The Labute approximate surface area is 386 Å². The molecule has 1 saturated heterocycles. The minimum atomic E-state index is -4.96. The molecule has 0 atom stereocenters. The topological polar surface area (TPSA) is 102 Å². The molecule has 378 valence electrons. The van der Waals surface area contributed by atoms with Crippen LogP contribution in [0.15, 0.2) is 0 Å². The maximum absolute atomic E-state index is 11.6. The molecule has 0 amide bonds. The summed E-state index contributed by atoms with van der Waals surface area (Å²) in [5.74, 6) is 0. The SMILES string of the molecule is CCCC[N+](CCCC)(CCCC)CCCC.CCCC[N+](CCCC)(CCCC)CCCC.CCCC[N+](CCCC)(CCCC)CCCC.O=P(O)(O)OP1(=O)OC(F)O1. The summed E-state index contributed by atoms with van der Waals surface area (Å²) in [6, 6.07) is 0. The molecule has 0 saturated carbocycles. The zero-order chi connectivity index (χ0) is 47.7. The fraction of sp³-hybridized carbons (Fsp3) is 1.00. The minimum absolute atomic E-state index is 1.35. The Bertz CT molecular complexity index is 847. The summed E-state index contributed by atoms with van der Waals surface area (Å²) in [6.07, 6.45) is 33.2. The predicted molar refractivity (Wildman–Crippen MR) is 266 cm³/mol. The molecule has 0 radical (unpaired) electrons. The molecule has 0 aromatic heterocycles. The van der Waals surface area contributed by atoms with Crippen LogP contribution >= 0.6 is 15.6 Å². The second-order valence-electron chi connectivity index (χ2n) is 18.5. The maximum atomic E-state index is 11.6. The lowest BCUT2D eigenvalue weighted by Crippen LogP contribution is -2.50. The maximum Gasteiger partial charge on any atom is 0.492 e. The molecular weight excluding hydrogens is 823 g/mol. The van der Waals surface area contributed by atoms with Gasteiger partial charge >= 0.3 is 22.2 Å². The van der Waals surface area contributed by atoms with Gasteiger partial charge in [-0.25, -0.2) is 18.2 Å². The lowest BCUT2D eigenvalue weighted by atomic mass is 10.1. The van der Waals surface area contributed by atoms with E-state index in [-0.39, 0.29) is 0 Å². The summed E-state index contributed by atoms with van der Waals surface area (Å²) in [4.78, 5) is 16.1. The molecule has 0 aliphatic carbocycles. The van der Waals surface area contributed by atoms with E-state index in [9.17, 15) is 13.5 Å². The third kappa shape index (κ3) is 36.2. The second kappa shape index (κ2) is 42.4. The van der Waals surface area contributed by atoms with Gasteiger partial charge in [0.05, 0.1) is 78.5 Å². The van der Waals surface area contributed by atoms with E-state index in [2.05, 4.69) is 96.4 Å². The zero-order valence-electron chi connectivity index (χ0n) is 43.6. The lowest BCUT2D eigenvalue weighted by Gasteiger charge is -2.39. The number of nitrogens with zero attached hydrogens (tertiary/aromatic N) is 3. The Balaban J connectivity index is -0.000000757. The van der Waals surface area contributed by atoms with E-state index in [1.54, 1.807) is 0 Å². The van der Waals surface area contributed by atoms with E-state index in [0.717, 1.165) is 0 Å². The summed E-state index contributed by atoms with van der Waals surface area (Å²) in [7, 11) is -9.27. The Morgan fingerprint density at radius 3 is 0.645 bits per heavy atom. The van der Waals surface area contributed by atoms with Gasteiger partial charge in [-0.15, -0.1) is 0 Å². The highest BCUT2D eigenvalue weighted by Gasteiger charge is 2.50. The van der Waals surface area contributed by atoms with Gasteiger partial charge in [-0.1, -0.05) is 160 Å². The molecule has 0 unspecified atom stereocenters. The Kier molecular flexibility index (Phi) is 45.4. The van der Waals surface area contributed by atoms with Crippen LogP contribution in [0.4, 0.5) is 4.39 Å². The van der Waals surface area contributed by atoms with Gasteiger partial charge in [0.1, 0.15) is 0 Å². The average molecular weight is 935 g/mol. The second-order valence-corrected chi connectivity index (χ2v) is 21.4. The average Bonchev–Trinajstić information content (AvgIpc) is 3.24. The van der Waals surface area contributed by atoms with Gasteiger partial charge < -0.3 is 23.2 Å². The predicted octanol–water partition coefficient (Wildman–Crippen LogP) is 15.5. The normalized spacial score (nSPS) is 16.7. The van der Waals surface area contributed by atoms with Crippen LogP contribution in [0.3, 0.4) is 0 Å². The number of phosphoric ester groups is 1. The molecular formula is C49H111FN3O7P2+3. The van der Waals surface area contributed by atoms with Crippen LogP contribution in [-0.2, 0) is 22.5 Å². The molecule has 0 bridgehead atoms. The van der Waals surface area contributed by atoms with Crippen LogP contribution in [0.1, 0.15) is 237 Å². The quantitative estimate of drug-likeness (QED) is 0.0470. The molecule has 2 N–H and O–H groups in total. The van der Waals surface area contributed by atoms with E-state index < -0.39 is 22.2 Å². The highest BCUT2D eigenvalue weighted by atomic mass is 31.3. The largest absolute Gasteiger partial charge is 0.492 e. The molecule has 62 heavy (non-hydrogen) atoms. The first-order valence-corrected chi connectivity index (χ1v) is 29.5. The molecule has 0 spiro atoms. The van der Waals surface area contributed by atoms with Crippen LogP contribution in [0.5, 0.6) is 0 Å². The summed E-state index contributed by atoms with van der Waals surface area (Å²) in [5, 5.41) is 0. The first-order chi connectivity index (χ1) is 29.5. The summed E-state index contributed by atoms with van der Waals surface area (Å²) < 4.78 is 47.1. The molecule has 10 nitrogen and oxygen atoms in total. The van der Waals surface area contributed by atoms with Crippen molar-refractivity contribution < 1.29 is 50.1 Å². The number of halogens is 1. The van der Waals surface area contributed by atoms with Crippen molar-refractivity contribution in [2.75, 3.05) is 78.5 Å². The van der Waals surface area contributed by atoms with Crippen LogP contribution in [0.25, 0.3) is 0 Å². The van der Waals surface area contributed by atoms with Crippen molar-refractivity contribution >= 4 is 15.6 Å². The third-order valence-electron chi connectivity index (χ3n) is 12.5. The number of alkyl halides is 1. The number of phosphoric acid groups is 2. The number of hydrogen-bond donors (Lipinski definition) is 2. The Morgan fingerprint density at radius 2 is 0.548 bits per heavy atom. The van der Waals surface area contributed by atoms with Gasteiger partial charge in [-0.05, 0) is 77.0 Å². The smallest absolute Gasteiger partial charge is 0.324 e. The summed E-state index contributed by atoms with van der Waals surface area (Å²) in [5.41, 5.74) is 0. The van der Waals surface area contributed by atoms with E-state index >= 15 is 0 Å². The Hall–Kier alpha value is 0.0700. The summed E-state index contributed by atoms with van der Waals surface area (Å²) in [6.45, 7) is 42.8. The van der Waals surface area contributed by atoms with Crippen LogP contribution in [0.2, 0.25) is 0 Å². The first-order valence-electron chi connectivity index (χ1n) is 26.5. The van der Waals surface area contributed by atoms with Crippen LogP contribution in [-0.4, -0.2) is 108 Å². The standard InChI is InChI=1S/3C16H36N.CH3FO7P2/c3*1-5-9-13-17(14-10-6-2,15-11-7-3)16-12-8-4;2-1-7-11(6,8-1)9-10(3,4)5/h3*5-16H2,1-4H3;1H,(H2,3,4,5)/q3*+1;. The van der Waals surface area contributed by atoms with Gasteiger partial charge in [-0.3, -0.25) is 0 Å². The van der Waals surface area contributed by atoms with Gasteiger partial charge in [0.2, 0.25) is 0 Å². The lowest BCUT2D eigenvalue weighted by molar-refractivity contribution is -0.929. The van der Waals surface area contributed by atoms with E-state index in [4.69, 9.17) is 9.79 Å². The molecule has 1 aliphatic heterocycles. The minimum Gasteiger partial charge on any atom is -0.324 e. The van der Waals surface area contributed by atoms with Crippen molar-refractivity contribution in [3.05, 3.63) is 0 Å². The van der Waals surface area contributed by atoms with Crippen molar-refractivity contribution in [1.82, 2.24) is 0 Å². The monoisotopic (exact) mass is 935 g/mol. The Morgan fingerprint density at radius 1 is 0.403 bits per heavy atom. The fourth-order valence-electron chi connectivity index (χ4n) is 8.31. The van der Waals surface area contributed by atoms with Crippen LogP contribution in [0, 0.1) is 0 Å². The van der Waals surface area contributed by atoms with Crippen LogP contribution < -0.4 is 0 Å². The van der Waals surface area contributed by atoms with Gasteiger partial charge in [0.15, 0.2) is 0 Å². The highest BCUT2D eigenvalue weighted by molar-refractivity contribution is 7.61. The zero-order valence-corrected chi connectivity index (χ0v) is 45.4. The molecule has 1 rings (SSSR count). The molecule has 0 aromatic carbocycles. The van der Waals surface area contributed by atoms with E-state index in [1.807, 2.05) is 0 Å². The molecule has 1 fully saturated rings. The van der Waals surface area contributed by atoms with Gasteiger partial charge in [0.25, 0.3) is 0 Å². The van der Waals surface area contributed by atoms with Gasteiger partial charge in [0, 0.05) is 0 Å². The van der Waals surface area contributed by atoms with Crippen molar-refractivity contribution in [3.63, 3.8) is 0 Å². The molecule has 1 aliphatic rings. The van der Waals surface area contributed by atoms with Gasteiger partial charge in [-0.2, -0.15) is 8.70 Å². The number of hydrogen-bond acceptors (Lipinski definition) is 5. The number of rotatable bonds is 38. The number of quaternary nitrogens is 3. The summed E-state index contributed by atoms with van der Waals surface area (Å²) >= 11 is 0. The molecule has 0 aromatic rings.